The summed E-state index contributed by atoms with van der Waals surface area (Å²) in [7, 11) is 5.39. The molecule has 0 rings (SSSR count). The molecule has 0 amide bonds. The summed E-state index contributed by atoms with van der Waals surface area (Å²) in [5.74, 6) is -1.79. The number of carbonyl (C=O) groups is 3. The van der Waals surface area contributed by atoms with Crippen LogP contribution >= 0.6 is 0 Å². The Morgan fingerprint density at radius 2 is 1.06 bits per heavy atom. The smallest absolute Gasteiger partial charge is 0.306 e. The molecule has 288 valence electrons. The number of carboxylic acids is 1. The van der Waals surface area contributed by atoms with Gasteiger partial charge in [-0.1, -0.05) is 148 Å². The minimum atomic E-state index is -1.13. The van der Waals surface area contributed by atoms with E-state index in [4.69, 9.17) is 14.2 Å². The average molecular weight is 696 g/mol. The van der Waals surface area contributed by atoms with E-state index < -0.39 is 18.1 Å². The third-order valence-corrected chi connectivity index (χ3v) is 9.17. The van der Waals surface area contributed by atoms with Gasteiger partial charge in [0.25, 0.3) is 0 Å². The molecule has 49 heavy (non-hydrogen) atoms. The number of rotatable bonds is 36. The van der Waals surface area contributed by atoms with Gasteiger partial charge < -0.3 is 28.6 Å². The van der Waals surface area contributed by atoms with Gasteiger partial charge in [0.2, 0.25) is 0 Å². The summed E-state index contributed by atoms with van der Waals surface area (Å²) < 4.78 is 17.0. The highest BCUT2D eigenvalue weighted by Crippen LogP contribution is 2.15. The van der Waals surface area contributed by atoms with E-state index >= 15 is 0 Å². The van der Waals surface area contributed by atoms with E-state index in [0.717, 1.165) is 25.7 Å². The number of unbranched alkanes of at least 4 members (excludes halogenated alkanes) is 20. The van der Waals surface area contributed by atoms with Crippen molar-refractivity contribution in [1.29, 1.82) is 0 Å². The second-order valence-corrected chi connectivity index (χ2v) is 14.9. The second kappa shape index (κ2) is 33.2. The highest BCUT2D eigenvalue weighted by molar-refractivity contribution is 5.70. The minimum Gasteiger partial charge on any atom is -0.544 e. The van der Waals surface area contributed by atoms with Gasteiger partial charge in [-0.05, 0) is 25.7 Å². The SMILES string of the molecule is CCCCCC/C=C/CCC(=O)OCC(COCCC(C(=O)[O-])[N+](C)(C)C)OC(=O)CCCCCCCCCCCCCCCCCCC. The van der Waals surface area contributed by atoms with Crippen molar-refractivity contribution in [1.82, 2.24) is 0 Å². The lowest BCUT2D eigenvalue weighted by atomic mass is 10.0. The Balaban J connectivity index is 4.31. The molecule has 2 unspecified atom stereocenters. The van der Waals surface area contributed by atoms with Crippen molar-refractivity contribution in [2.45, 2.75) is 193 Å². The Labute approximate surface area is 301 Å². The maximum Gasteiger partial charge on any atom is 0.306 e. The van der Waals surface area contributed by atoms with Crippen LogP contribution in [0.2, 0.25) is 0 Å². The average Bonchev–Trinajstić information content (AvgIpc) is 3.05. The van der Waals surface area contributed by atoms with Crippen LogP contribution in [-0.4, -0.2) is 75.5 Å². The lowest BCUT2D eigenvalue weighted by Crippen LogP contribution is -2.55. The number of likely N-dealkylation sites (N-methyl/N-ethyl adjacent to an activating group) is 1. The monoisotopic (exact) mass is 696 g/mol. The van der Waals surface area contributed by atoms with E-state index in [2.05, 4.69) is 19.9 Å². The van der Waals surface area contributed by atoms with Crippen molar-refractivity contribution in [3.05, 3.63) is 12.2 Å². The molecule has 8 heteroatoms. The van der Waals surface area contributed by atoms with E-state index in [9.17, 15) is 19.5 Å². The van der Waals surface area contributed by atoms with Crippen LogP contribution in [0.15, 0.2) is 12.2 Å². The summed E-state index contributed by atoms with van der Waals surface area (Å²) in [6.07, 6.45) is 32.6. The molecule has 0 aliphatic rings. The molecule has 0 radical (unpaired) electrons. The summed E-state index contributed by atoms with van der Waals surface area (Å²) in [5.41, 5.74) is 0. The lowest BCUT2D eigenvalue weighted by Gasteiger charge is -2.34. The molecule has 0 aliphatic carbocycles. The molecule has 0 saturated heterocycles. The Morgan fingerprint density at radius 3 is 1.55 bits per heavy atom. The van der Waals surface area contributed by atoms with Gasteiger partial charge in [0, 0.05) is 19.3 Å². The Morgan fingerprint density at radius 1 is 0.592 bits per heavy atom. The minimum absolute atomic E-state index is 0.0344. The highest BCUT2D eigenvalue weighted by Gasteiger charge is 2.25. The number of carbonyl (C=O) groups excluding carboxylic acids is 3. The molecule has 2 atom stereocenters. The fourth-order valence-electron chi connectivity index (χ4n) is 5.97. The van der Waals surface area contributed by atoms with Crippen LogP contribution in [0.5, 0.6) is 0 Å². The number of carboxylic acid groups (broad SMARTS) is 1. The quantitative estimate of drug-likeness (QED) is 0.0279. The van der Waals surface area contributed by atoms with Crippen molar-refractivity contribution < 1.29 is 38.2 Å². The summed E-state index contributed by atoms with van der Waals surface area (Å²) in [5, 5.41) is 11.6. The van der Waals surface area contributed by atoms with Gasteiger partial charge in [-0.15, -0.1) is 0 Å². The van der Waals surface area contributed by atoms with Crippen LogP contribution in [0.1, 0.15) is 181 Å². The molecule has 0 aromatic rings. The molecule has 8 nitrogen and oxygen atoms in total. The van der Waals surface area contributed by atoms with E-state index in [0.29, 0.717) is 12.8 Å². The lowest BCUT2D eigenvalue weighted by molar-refractivity contribution is -0.889. The van der Waals surface area contributed by atoms with Gasteiger partial charge in [-0.2, -0.15) is 0 Å². The van der Waals surface area contributed by atoms with Gasteiger partial charge in [0.1, 0.15) is 12.6 Å². The van der Waals surface area contributed by atoms with Crippen molar-refractivity contribution in [3.8, 4) is 0 Å². The van der Waals surface area contributed by atoms with Crippen molar-refractivity contribution in [2.24, 2.45) is 0 Å². The first kappa shape index (κ1) is 47.1. The number of aliphatic carboxylic acids is 1. The van der Waals surface area contributed by atoms with Crippen LogP contribution in [0, 0.1) is 0 Å². The first-order valence-corrected chi connectivity index (χ1v) is 20.2. The Bertz CT molecular complexity index is 823. The Kier molecular flexibility index (Phi) is 31.9. The Hall–Kier alpha value is -1.93. The number of ether oxygens (including phenoxy) is 3. The summed E-state index contributed by atoms with van der Waals surface area (Å²) in [6.45, 7) is 4.58. The number of nitrogens with zero attached hydrogens (tertiary/aromatic N) is 1. The molecule has 0 spiro atoms. The number of allylic oxidation sites excluding steroid dienone is 2. The zero-order valence-corrected chi connectivity index (χ0v) is 32.6. The zero-order valence-electron chi connectivity index (χ0n) is 32.6. The molecule has 0 N–H and O–H groups in total. The normalized spacial score (nSPS) is 13.1. The molecule has 0 aromatic carbocycles. The number of esters is 2. The van der Waals surface area contributed by atoms with Crippen LogP contribution in [0.3, 0.4) is 0 Å². The molecule has 0 aliphatic heterocycles. The highest BCUT2D eigenvalue weighted by atomic mass is 16.6. The van der Waals surface area contributed by atoms with Crippen molar-refractivity contribution in [2.75, 3.05) is 41.0 Å². The summed E-state index contributed by atoms with van der Waals surface area (Å²) in [6, 6.07) is -0.724. The standard InChI is InChI=1S/C41H77NO7/c1-6-8-10-12-14-16-17-18-19-20-21-22-23-24-26-28-30-32-40(44)49-37(35-47-34-33-38(41(45)46)42(3,4)5)36-48-39(43)31-29-27-25-15-13-11-9-7-2/h25,27,37-38H,6-24,26,28-36H2,1-5H3/b27-25+. The van der Waals surface area contributed by atoms with E-state index in [1.54, 1.807) is 21.1 Å². The number of hydrogen-bond donors (Lipinski definition) is 0. The maximum absolute atomic E-state index is 12.6. The molecule has 0 heterocycles. The molecule has 0 saturated carbocycles. The fraction of sp³-hybridized carbons (Fsp3) is 0.878. The summed E-state index contributed by atoms with van der Waals surface area (Å²) >= 11 is 0. The van der Waals surface area contributed by atoms with Crippen LogP contribution < -0.4 is 5.11 Å². The van der Waals surface area contributed by atoms with Gasteiger partial charge in [-0.3, -0.25) is 9.59 Å². The van der Waals surface area contributed by atoms with Gasteiger partial charge >= 0.3 is 11.9 Å². The third kappa shape index (κ3) is 31.8. The summed E-state index contributed by atoms with van der Waals surface area (Å²) in [4.78, 5) is 36.6. The van der Waals surface area contributed by atoms with Crippen LogP contribution in [0.25, 0.3) is 0 Å². The first-order valence-electron chi connectivity index (χ1n) is 20.2. The fourth-order valence-corrected chi connectivity index (χ4v) is 5.97. The predicted octanol–water partition coefficient (Wildman–Crippen LogP) is 9.02. The molecular weight excluding hydrogens is 618 g/mol. The van der Waals surface area contributed by atoms with Gasteiger partial charge in [-0.25, -0.2) is 0 Å². The maximum atomic E-state index is 12.6. The molecule has 0 bridgehead atoms. The van der Waals surface area contributed by atoms with E-state index in [1.165, 1.54) is 116 Å². The number of hydrogen-bond acceptors (Lipinski definition) is 7. The largest absolute Gasteiger partial charge is 0.544 e. The van der Waals surface area contributed by atoms with Gasteiger partial charge in [0.05, 0.1) is 40.3 Å². The molecule has 0 fully saturated rings. The predicted molar refractivity (Wildman–Crippen MR) is 199 cm³/mol. The van der Waals surface area contributed by atoms with Crippen LogP contribution in [-0.2, 0) is 28.6 Å². The molecular formula is C41H77NO7. The van der Waals surface area contributed by atoms with E-state index in [1.807, 2.05) is 6.08 Å². The first-order chi connectivity index (χ1) is 23.6. The second-order valence-electron chi connectivity index (χ2n) is 14.9. The van der Waals surface area contributed by atoms with Crippen molar-refractivity contribution in [3.63, 3.8) is 0 Å². The zero-order chi connectivity index (χ0) is 36.4. The van der Waals surface area contributed by atoms with Crippen molar-refractivity contribution >= 4 is 17.9 Å². The van der Waals surface area contributed by atoms with E-state index in [-0.39, 0.29) is 49.1 Å². The van der Waals surface area contributed by atoms with Gasteiger partial charge in [0.15, 0.2) is 6.10 Å². The number of quaternary nitrogens is 1. The third-order valence-electron chi connectivity index (χ3n) is 9.17. The molecule has 0 aromatic heterocycles. The topological polar surface area (TPSA) is 102 Å². The van der Waals surface area contributed by atoms with Crippen LogP contribution in [0.4, 0.5) is 0 Å².